The van der Waals surface area contributed by atoms with E-state index in [4.69, 9.17) is 0 Å². The quantitative estimate of drug-likeness (QED) is 0.800. The Kier molecular flexibility index (Phi) is 5.54. The van der Waals surface area contributed by atoms with E-state index in [1.807, 2.05) is 27.7 Å². The number of aromatic nitrogens is 2. The molecule has 0 atom stereocenters. The Morgan fingerprint density at radius 3 is 2.68 bits per heavy atom. The molecule has 0 fully saturated rings. The summed E-state index contributed by atoms with van der Waals surface area (Å²) in [5.74, 6) is 1.24. The van der Waals surface area contributed by atoms with Gasteiger partial charge < -0.3 is 15.2 Å². The Bertz CT molecular complexity index is 482. The van der Waals surface area contributed by atoms with Crippen LogP contribution in [-0.4, -0.2) is 35.5 Å². The second-order valence-corrected chi connectivity index (χ2v) is 4.61. The first-order chi connectivity index (χ1) is 8.97. The number of H-pyrrole nitrogens is 1. The Morgan fingerprint density at radius 2 is 2.16 bits per heavy atom. The van der Waals surface area contributed by atoms with Crippen LogP contribution in [0.4, 0.5) is 5.82 Å². The topological polar surface area (TPSA) is 78.1 Å². The van der Waals surface area contributed by atoms with E-state index in [1.54, 1.807) is 4.90 Å². The van der Waals surface area contributed by atoms with Gasteiger partial charge in [0.05, 0.1) is 6.54 Å². The summed E-state index contributed by atoms with van der Waals surface area (Å²) >= 11 is 0. The van der Waals surface area contributed by atoms with Crippen LogP contribution in [0.1, 0.15) is 39.4 Å². The van der Waals surface area contributed by atoms with E-state index in [0.29, 0.717) is 24.7 Å². The maximum atomic E-state index is 11.6. The summed E-state index contributed by atoms with van der Waals surface area (Å²) in [6.45, 7) is 9.14. The third-order valence-electron chi connectivity index (χ3n) is 2.71. The van der Waals surface area contributed by atoms with Crippen molar-refractivity contribution in [3.8, 4) is 0 Å². The average Bonchev–Trinajstić information content (AvgIpc) is 2.35. The van der Waals surface area contributed by atoms with Crippen LogP contribution in [0.2, 0.25) is 0 Å². The highest BCUT2D eigenvalue weighted by Crippen LogP contribution is 2.12. The molecule has 2 N–H and O–H groups in total. The second kappa shape index (κ2) is 6.92. The number of hydrogen-bond acceptors (Lipinski definition) is 4. The summed E-state index contributed by atoms with van der Waals surface area (Å²) in [5.41, 5.74) is -0.192. The van der Waals surface area contributed by atoms with Crippen molar-refractivity contribution >= 4 is 11.7 Å². The summed E-state index contributed by atoms with van der Waals surface area (Å²) in [6, 6.07) is 1.43. The molecular weight excluding hydrogens is 244 g/mol. The summed E-state index contributed by atoms with van der Waals surface area (Å²) < 4.78 is 0. The highest BCUT2D eigenvalue weighted by Gasteiger charge is 2.13. The van der Waals surface area contributed by atoms with Gasteiger partial charge in [0.1, 0.15) is 11.6 Å². The lowest BCUT2D eigenvalue weighted by molar-refractivity contribution is -0.119. The standard InChI is InChI=1S/C13H22N4O2/c1-5-14-12(19)8-17(6-2)10-7-11(18)16-13(15-10)9(3)4/h7,9H,5-6,8H2,1-4H3,(H,14,19)(H,15,16,18). The van der Waals surface area contributed by atoms with Crippen molar-refractivity contribution in [2.45, 2.75) is 33.6 Å². The first kappa shape index (κ1) is 15.2. The van der Waals surface area contributed by atoms with Crippen LogP contribution in [0.25, 0.3) is 0 Å². The van der Waals surface area contributed by atoms with Crippen LogP contribution in [0.3, 0.4) is 0 Å². The molecule has 6 nitrogen and oxygen atoms in total. The number of likely N-dealkylation sites (N-methyl/N-ethyl adjacent to an activating group) is 2. The predicted octanol–water partition coefficient (Wildman–Crippen LogP) is 0.856. The second-order valence-electron chi connectivity index (χ2n) is 4.61. The maximum Gasteiger partial charge on any atom is 0.252 e. The molecule has 1 amide bonds. The molecule has 1 aromatic heterocycles. The number of nitrogens with zero attached hydrogens (tertiary/aromatic N) is 2. The van der Waals surface area contributed by atoms with Gasteiger partial charge in [0.25, 0.3) is 5.56 Å². The Balaban J connectivity index is 2.98. The molecule has 0 saturated heterocycles. The molecule has 1 aromatic rings. The molecule has 19 heavy (non-hydrogen) atoms. The molecule has 0 bridgehead atoms. The summed E-state index contributed by atoms with van der Waals surface area (Å²) in [7, 11) is 0. The predicted molar refractivity (Wildman–Crippen MR) is 75.5 cm³/mol. The zero-order valence-corrected chi connectivity index (χ0v) is 12.0. The lowest BCUT2D eigenvalue weighted by Crippen LogP contribution is -2.38. The molecule has 0 aliphatic heterocycles. The van der Waals surface area contributed by atoms with Crippen molar-refractivity contribution < 1.29 is 4.79 Å². The molecule has 0 aliphatic rings. The molecule has 0 aliphatic carbocycles. The van der Waals surface area contributed by atoms with Crippen LogP contribution < -0.4 is 15.8 Å². The number of aromatic amines is 1. The van der Waals surface area contributed by atoms with Gasteiger partial charge in [0.15, 0.2) is 0 Å². The molecule has 0 unspecified atom stereocenters. The van der Waals surface area contributed by atoms with Crippen molar-refractivity contribution in [3.05, 3.63) is 22.2 Å². The first-order valence-electron chi connectivity index (χ1n) is 6.60. The van der Waals surface area contributed by atoms with E-state index in [2.05, 4.69) is 15.3 Å². The summed E-state index contributed by atoms with van der Waals surface area (Å²) in [4.78, 5) is 32.1. The van der Waals surface area contributed by atoms with Crippen LogP contribution in [0.15, 0.2) is 10.9 Å². The first-order valence-corrected chi connectivity index (χ1v) is 6.60. The molecule has 6 heteroatoms. The van der Waals surface area contributed by atoms with Gasteiger partial charge in [-0.3, -0.25) is 9.59 Å². The highest BCUT2D eigenvalue weighted by molar-refractivity contribution is 5.80. The van der Waals surface area contributed by atoms with Crippen LogP contribution >= 0.6 is 0 Å². The largest absolute Gasteiger partial charge is 0.355 e. The van der Waals surface area contributed by atoms with Crippen molar-refractivity contribution in [2.24, 2.45) is 0 Å². The lowest BCUT2D eigenvalue weighted by Gasteiger charge is -2.21. The number of hydrogen-bond donors (Lipinski definition) is 2. The minimum Gasteiger partial charge on any atom is -0.355 e. The average molecular weight is 266 g/mol. The van der Waals surface area contributed by atoms with Crippen molar-refractivity contribution in [2.75, 3.05) is 24.5 Å². The smallest absolute Gasteiger partial charge is 0.252 e. The molecule has 106 valence electrons. The number of anilines is 1. The van der Waals surface area contributed by atoms with Gasteiger partial charge in [-0.15, -0.1) is 0 Å². The van der Waals surface area contributed by atoms with Crippen LogP contribution in [-0.2, 0) is 4.79 Å². The Labute approximate surface area is 113 Å². The number of carbonyl (C=O) groups is 1. The Hall–Kier alpha value is -1.85. The fraction of sp³-hybridized carbons (Fsp3) is 0.615. The van der Waals surface area contributed by atoms with E-state index in [9.17, 15) is 9.59 Å². The number of rotatable bonds is 6. The molecule has 0 saturated carbocycles. The van der Waals surface area contributed by atoms with Gasteiger partial charge in [0.2, 0.25) is 5.91 Å². The van der Waals surface area contributed by atoms with Gasteiger partial charge in [-0.2, -0.15) is 0 Å². The van der Waals surface area contributed by atoms with E-state index in [0.717, 1.165) is 0 Å². The zero-order valence-electron chi connectivity index (χ0n) is 12.0. The molecule has 0 spiro atoms. The van der Waals surface area contributed by atoms with Crippen LogP contribution in [0.5, 0.6) is 0 Å². The molecule has 0 radical (unpaired) electrons. The number of nitrogens with one attached hydrogen (secondary N) is 2. The van der Waals surface area contributed by atoms with Gasteiger partial charge in [-0.05, 0) is 13.8 Å². The fourth-order valence-electron chi connectivity index (χ4n) is 1.68. The SMILES string of the molecule is CCNC(=O)CN(CC)c1cc(=O)[nH]c(C(C)C)n1. The van der Waals surface area contributed by atoms with Gasteiger partial charge in [-0.1, -0.05) is 13.8 Å². The zero-order chi connectivity index (χ0) is 14.4. The third kappa shape index (κ3) is 4.39. The van der Waals surface area contributed by atoms with Gasteiger partial charge in [0, 0.05) is 25.1 Å². The lowest BCUT2D eigenvalue weighted by atomic mass is 10.2. The minimum atomic E-state index is -0.192. The summed E-state index contributed by atoms with van der Waals surface area (Å²) in [5, 5.41) is 2.74. The highest BCUT2D eigenvalue weighted by atomic mass is 16.2. The summed E-state index contributed by atoms with van der Waals surface area (Å²) in [6.07, 6.45) is 0. The molecule has 0 aromatic carbocycles. The Morgan fingerprint density at radius 1 is 1.47 bits per heavy atom. The molecular formula is C13H22N4O2. The van der Waals surface area contributed by atoms with E-state index >= 15 is 0 Å². The van der Waals surface area contributed by atoms with Crippen molar-refractivity contribution in [1.29, 1.82) is 0 Å². The third-order valence-corrected chi connectivity index (χ3v) is 2.71. The van der Waals surface area contributed by atoms with Crippen molar-refractivity contribution in [1.82, 2.24) is 15.3 Å². The van der Waals surface area contributed by atoms with E-state index < -0.39 is 0 Å². The fourth-order valence-corrected chi connectivity index (χ4v) is 1.68. The maximum absolute atomic E-state index is 11.6. The van der Waals surface area contributed by atoms with E-state index in [1.165, 1.54) is 6.07 Å². The van der Waals surface area contributed by atoms with Gasteiger partial charge in [-0.25, -0.2) is 4.98 Å². The monoisotopic (exact) mass is 266 g/mol. The van der Waals surface area contributed by atoms with Crippen LogP contribution in [0, 0.1) is 0 Å². The van der Waals surface area contributed by atoms with Gasteiger partial charge >= 0.3 is 0 Å². The molecule has 1 heterocycles. The minimum absolute atomic E-state index is 0.0717. The van der Waals surface area contributed by atoms with E-state index in [-0.39, 0.29) is 23.9 Å². The van der Waals surface area contributed by atoms with Crippen molar-refractivity contribution in [3.63, 3.8) is 0 Å². The molecule has 1 rings (SSSR count). The number of carbonyl (C=O) groups excluding carboxylic acids is 1. The number of amides is 1. The normalized spacial score (nSPS) is 10.6.